The number of benzene rings is 1. The van der Waals surface area contributed by atoms with Gasteiger partial charge in [-0.05, 0) is 49.9 Å². The van der Waals surface area contributed by atoms with Crippen LogP contribution in [0.3, 0.4) is 0 Å². The fraction of sp³-hybridized carbons (Fsp3) is 0.538. The number of anilines is 4. The van der Waals surface area contributed by atoms with E-state index in [-0.39, 0.29) is 24.3 Å². The van der Waals surface area contributed by atoms with Gasteiger partial charge in [0.25, 0.3) is 5.92 Å². The summed E-state index contributed by atoms with van der Waals surface area (Å²) < 4.78 is 37.6. The quantitative estimate of drug-likeness (QED) is 0.690. The lowest BCUT2D eigenvalue weighted by Gasteiger charge is -2.33. The molecule has 2 aliphatic heterocycles. The van der Waals surface area contributed by atoms with Crippen LogP contribution < -0.4 is 15.1 Å². The van der Waals surface area contributed by atoms with Crippen LogP contribution in [0.2, 0.25) is 0 Å². The summed E-state index contributed by atoms with van der Waals surface area (Å²) in [4.78, 5) is 22.5. The minimum atomic E-state index is -2.67. The molecule has 9 heteroatoms. The van der Waals surface area contributed by atoms with Crippen molar-refractivity contribution in [1.82, 2.24) is 4.98 Å². The van der Waals surface area contributed by atoms with E-state index in [9.17, 15) is 13.6 Å². The fourth-order valence-corrected chi connectivity index (χ4v) is 5.36. The molecule has 3 heterocycles. The molecule has 186 valence electrons. The standard InChI is InChI=1S/C26H30F2N4O3/c27-26(28)15-23(26)35-20-6-3-17(4-7-20)25(33)32-16-18-2-1-9-29-24(18)30-21-8-5-19(14-22(21)32)31-10-12-34-13-11-31/h1-2,5,8-9,14,17,20,23H,3-4,6-7,10-13,15-16H2,(H,29,30)/t17-,20-,23-/m0/s1. The first-order valence-electron chi connectivity index (χ1n) is 12.5. The number of nitrogens with one attached hydrogen (secondary N) is 1. The van der Waals surface area contributed by atoms with Gasteiger partial charge >= 0.3 is 0 Å². The molecule has 6 rings (SSSR count). The number of hydrogen-bond acceptors (Lipinski definition) is 6. The Morgan fingerprint density at radius 1 is 1.14 bits per heavy atom. The number of pyridine rings is 1. The molecule has 1 saturated heterocycles. The second-order valence-corrected chi connectivity index (χ2v) is 9.92. The third-order valence-corrected chi connectivity index (χ3v) is 7.54. The zero-order chi connectivity index (χ0) is 24.0. The third kappa shape index (κ3) is 4.59. The average Bonchev–Trinajstić information content (AvgIpc) is 3.53. The number of nitrogens with zero attached hydrogens (tertiary/aromatic N) is 3. The highest BCUT2D eigenvalue weighted by Gasteiger charge is 2.59. The lowest BCUT2D eigenvalue weighted by Crippen LogP contribution is -2.39. The van der Waals surface area contributed by atoms with Crippen LogP contribution in [0.5, 0.6) is 0 Å². The molecule has 3 fully saturated rings. The van der Waals surface area contributed by atoms with Gasteiger partial charge in [0, 0.05) is 42.9 Å². The highest BCUT2D eigenvalue weighted by Crippen LogP contribution is 2.46. The molecule has 2 saturated carbocycles. The first-order chi connectivity index (χ1) is 17.0. The fourth-order valence-electron chi connectivity index (χ4n) is 5.36. The van der Waals surface area contributed by atoms with Crippen molar-refractivity contribution in [1.29, 1.82) is 0 Å². The van der Waals surface area contributed by atoms with Gasteiger partial charge in [0.05, 0.1) is 37.2 Å². The maximum atomic E-state index is 13.9. The molecule has 2 aromatic rings. The van der Waals surface area contributed by atoms with Gasteiger partial charge in [-0.2, -0.15) is 0 Å². The zero-order valence-electron chi connectivity index (χ0n) is 19.6. The van der Waals surface area contributed by atoms with E-state index in [0.29, 0.717) is 45.4 Å². The molecular weight excluding hydrogens is 454 g/mol. The highest BCUT2D eigenvalue weighted by atomic mass is 19.3. The summed E-state index contributed by atoms with van der Waals surface area (Å²) in [6.45, 7) is 3.42. The van der Waals surface area contributed by atoms with Crippen molar-refractivity contribution in [2.45, 2.75) is 56.8 Å². The number of aromatic nitrogens is 1. The molecule has 0 unspecified atom stereocenters. The number of fused-ring (bicyclic) bond motifs is 2. The number of carbonyl (C=O) groups is 1. The SMILES string of the molecule is O=C([C@H]1CC[C@H](O[C@H]2CC2(F)F)CC1)N1Cc2cccnc2Nc2ccc(N3CCOCC3)cc21. The van der Waals surface area contributed by atoms with E-state index in [0.717, 1.165) is 41.5 Å². The van der Waals surface area contributed by atoms with Crippen LogP contribution in [0.15, 0.2) is 36.5 Å². The molecule has 1 aromatic heterocycles. The predicted molar refractivity (Wildman–Crippen MR) is 128 cm³/mol. The van der Waals surface area contributed by atoms with Crippen molar-refractivity contribution >= 4 is 28.8 Å². The summed E-state index contributed by atoms with van der Waals surface area (Å²) in [5.41, 5.74) is 3.71. The lowest BCUT2D eigenvalue weighted by atomic mass is 9.86. The Bertz CT molecular complexity index is 1100. The van der Waals surface area contributed by atoms with Crippen LogP contribution in [0.25, 0.3) is 0 Å². The van der Waals surface area contributed by atoms with Crippen LogP contribution in [0, 0.1) is 5.92 Å². The molecule has 7 nitrogen and oxygen atoms in total. The van der Waals surface area contributed by atoms with E-state index in [1.54, 1.807) is 6.20 Å². The smallest absolute Gasteiger partial charge is 0.276 e. The number of rotatable bonds is 4. The van der Waals surface area contributed by atoms with Gasteiger partial charge in [0.1, 0.15) is 11.9 Å². The molecule has 1 aromatic carbocycles. The number of amides is 1. The maximum Gasteiger partial charge on any atom is 0.276 e. The normalized spacial score (nSPS) is 27.3. The van der Waals surface area contributed by atoms with Crippen LogP contribution in [0.4, 0.5) is 31.7 Å². The number of hydrogen-bond donors (Lipinski definition) is 1. The molecule has 0 spiro atoms. The van der Waals surface area contributed by atoms with Crippen LogP contribution in [0.1, 0.15) is 37.7 Å². The molecule has 0 bridgehead atoms. The number of carbonyl (C=O) groups excluding carboxylic acids is 1. The molecule has 1 amide bonds. The van der Waals surface area contributed by atoms with E-state index in [1.165, 1.54) is 0 Å². The second-order valence-electron chi connectivity index (χ2n) is 9.92. The highest BCUT2D eigenvalue weighted by molar-refractivity contribution is 6.00. The Hall–Kier alpha value is -2.78. The molecule has 1 N–H and O–H groups in total. The van der Waals surface area contributed by atoms with Gasteiger partial charge in [-0.3, -0.25) is 4.79 Å². The predicted octanol–water partition coefficient (Wildman–Crippen LogP) is 4.49. The Labute approximate surface area is 203 Å². The van der Waals surface area contributed by atoms with E-state index in [1.807, 2.05) is 23.1 Å². The summed E-state index contributed by atoms with van der Waals surface area (Å²) in [7, 11) is 0. The first kappa shape index (κ1) is 22.7. The Morgan fingerprint density at radius 3 is 2.66 bits per heavy atom. The summed E-state index contributed by atoms with van der Waals surface area (Å²) in [6.07, 6.45) is 2.99. The van der Waals surface area contributed by atoms with Gasteiger partial charge in [0.15, 0.2) is 0 Å². The topological polar surface area (TPSA) is 66.9 Å². The molecular formula is C26H30F2N4O3. The zero-order valence-corrected chi connectivity index (χ0v) is 19.6. The summed E-state index contributed by atoms with van der Waals surface area (Å²) in [6, 6.07) is 10.1. The van der Waals surface area contributed by atoms with E-state index < -0.39 is 12.0 Å². The first-order valence-corrected chi connectivity index (χ1v) is 12.5. The van der Waals surface area contributed by atoms with Gasteiger partial charge in [0.2, 0.25) is 5.91 Å². The van der Waals surface area contributed by atoms with Crippen molar-refractivity contribution < 1.29 is 23.0 Å². The molecule has 0 radical (unpaired) electrons. The minimum Gasteiger partial charge on any atom is -0.378 e. The Kier molecular flexibility index (Phi) is 5.84. The van der Waals surface area contributed by atoms with Gasteiger partial charge in [-0.15, -0.1) is 0 Å². The molecule has 4 aliphatic rings. The average molecular weight is 485 g/mol. The van der Waals surface area contributed by atoms with Gasteiger partial charge in [-0.25, -0.2) is 13.8 Å². The molecule has 2 aliphatic carbocycles. The van der Waals surface area contributed by atoms with E-state index >= 15 is 0 Å². The monoisotopic (exact) mass is 484 g/mol. The van der Waals surface area contributed by atoms with Crippen molar-refractivity contribution in [3.63, 3.8) is 0 Å². The third-order valence-electron chi connectivity index (χ3n) is 7.54. The summed E-state index contributed by atoms with van der Waals surface area (Å²) in [5.74, 6) is -2.01. The summed E-state index contributed by atoms with van der Waals surface area (Å²) in [5, 5.41) is 3.42. The maximum absolute atomic E-state index is 13.9. The molecule has 1 atom stereocenters. The van der Waals surface area contributed by atoms with Crippen molar-refractivity contribution in [3.8, 4) is 0 Å². The van der Waals surface area contributed by atoms with Crippen LogP contribution in [-0.2, 0) is 20.8 Å². The van der Waals surface area contributed by atoms with Crippen molar-refractivity contribution in [2.24, 2.45) is 5.92 Å². The van der Waals surface area contributed by atoms with Crippen molar-refractivity contribution in [3.05, 3.63) is 42.1 Å². The number of alkyl halides is 2. The van der Waals surface area contributed by atoms with E-state index in [2.05, 4.69) is 27.3 Å². The number of morpholine rings is 1. The Morgan fingerprint density at radius 2 is 1.91 bits per heavy atom. The summed E-state index contributed by atoms with van der Waals surface area (Å²) >= 11 is 0. The van der Waals surface area contributed by atoms with Crippen molar-refractivity contribution in [2.75, 3.05) is 41.4 Å². The van der Waals surface area contributed by atoms with Crippen LogP contribution >= 0.6 is 0 Å². The lowest BCUT2D eigenvalue weighted by molar-refractivity contribution is -0.125. The van der Waals surface area contributed by atoms with Gasteiger partial charge in [-0.1, -0.05) is 6.07 Å². The van der Waals surface area contributed by atoms with E-state index in [4.69, 9.17) is 9.47 Å². The molecule has 35 heavy (non-hydrogen) atoms. The minimum absolute atomic E-state index is 0.0686. The van der Waals surface area contributed by atoms with Crippen LogP contribution in [-0.4, -0.2) is 55.3 Å². The van der Waals surface area contributed by atoms with Gasteiger partial charge < -0.3 is 24.6 Å². The Balaban J connectivity index is 1.24. The number of ether oxygens (including phenoxy) is 2. The second kappa shape index (κ2) is 9.02. The largest absolute Gasteiger partial charge is 0.378 e. The number of halogens is 2.